The minimum Gasteiger partial charge on any atom is -0.481 e. The van der Waals surface area contributed by atoms with Gasteiger partial charge in [0.1, 0.15) is 12.2 Å². The van der Waals surface area contributed by atoms with Gasteiger partial charge in [0.15, 0.2) is 5.75 Å². The van der Waals surface area contributed by atoms with Gasteiger partial charge in [0.25, 0.3) is 0 Å². The van der Waals surface area contributed by atoms with Gasteiger partial charge in [0.05, 0.1) is 4.92 Å². The first-order valence-corrected chi connectivity index (χ1v) is 6.36. The molecular weight excluding hydrogens is 248 g/mol. The van der Waals surface area contributed by atoms with Crippen LogP contribution in [0.4, 0.5) is 5.69 Å². The Labute approximate surface area is 111 Å². The normalized spacial score (nSPS) is 25.7. The summed E-state index contributed by atoms with van der Waals surface area (Å²) in [5, 5.41) is 14.1. The summed E-state index contributed by atoms with van der Waals surface area (Å²) in [7, 11) is 1.87. The van der Waals surface area contributed by atoms with Crippen molar-refractivity contribution in [3.8, 4) is 5.75 Å². The molecule has 0 amide bonds. The fourth-order valence-corrected chi connectivity index (χ4v) is 2.27. The molecule has 1 aromatic rings. The molecule has 0 radical (unpaired) electrons. The average Bonchev–Trinajstić information content (AvgIpc) is 2.40. The Bertz CT molecular complexity index is 452. The standard InChI is InChI=1S/C13H18N2O4/c1-3-18-13-9(14-2)8-12(13)19-11-7-5-4-6-10(11)15(16)17/h4-7,9,12-14H,3,8H2,1-2H3. The average molecular weight is 266 g/mol. The maximum absolute atomic E-state index is 10.9. The molecule has 104 valence electrons. The molecule has 0 heterocycles. The van der Waals surface area contributed by atoms with E-state index in [9.17, 15) is 10.1 Å². The van der Waals surface area contributed by atoms with Crippen LogP contribution >= 0.6 is 0 Å². The van der Waals surface area contributed by atoms with E-state index in [2.05, 4.69) is 5.32 Å². The zero-order chi connectivity index (χ0) is 13.8. The summed E-state index contributed by atoms with van der Waals surface area (Å²) in [4.78, 5) is 10.5. The molecule has 2 rings (SSSR count). The third-order valence-electron chi connectivity index (χ3n) is 3.32. The van der Waals surface area contributed by atoms with Crippen LogP contribution in [0.5, 0.6) is 5.75 Å². The third kappa shape index (κ3) is 2.85. The van der Waals surface area contributed by atoms with Gasteiger partial charge < -0.3 is 14.8 Å². The van der Waals surface area contributed by atoms with Gasteiger partial charge in [-0.2, -0.15) is 0 Å². The zero-order valence-electron chi connectivity index (χ0n) is 11.0. The molecule has 1 fully saturated rings. The number of benzene rings is 1. The second kappa shape index (κ2) is 5.99. The van der Waals surface area contributed by atoms with E-state index < -0.39 is 4.92 Å². The molecule has 19 heavy (non-hydrogen) atoms. The molecule has 3 atom stereocenters. The van der Waals surface area contributed by atoms with Crippen LogP contribution in [0.3, 0.4) is 0 Å². The molecule has 0 aliphatic heterocycles. The van der Waals surface area contributed by atoms with E-state index >= 15 is 0 Å². The number of rotatable bonds is 6. The van der Waals surface area contributed by atoms with Crippen molar-refractivity contribution in [1.29, 1.82) is 0 Å². The monoisotopic (exact) mass is 266 g/mol. The summed E-state index contributed by atoms with van der Waals surface area (Å²) in [6, 6.07) is 6.66. The molecule has 1 aliphatic carbocycles. The van der Waals surface area contributed by atoms with Crippen LogP contribution < -0.4 is 10.1 Å². The number of nitro groups is 1. The largest absolute Gasteiger partial charge is 0.481 e. The Hall–Kier alpha value is -1.66. The topological polar surface area (TPSA) is 73.6 Å². The van der Waals surface area contributed by atoms with Gasteiger partial charge in [-0.05, 0) is 20.0 Å². The highest BCUT2D eigenvalue weighted by atomic mass is 16.6. The lowest BCUT2D eigenvalue weighted by Crippen LogP contribution is -2.60. The number of nitro benzene ring substituents is 1. The summed E-state index contributed by atoms with van der Waals surface area (Å²) in [5.74, 6) is 0.303. The highest BCUT2D eigenvalue weighted by Crippen LogP contribution is 2.33. The summed E-state index contributed by atoms with van der Waals surface area (Å²) in [5.41, 5.74) is -0.00865. The van der Waals surface area contributed by atoms with E-state index in [-0.39, 0.29) is 23.9 Å². The molecule has 0 saturated heterocycles. The van der Waals surface area contributed by atoms with Gasteiger partial charge in [-0.15, -0.1) is 0 Å². The van der Waals surface area contributed by atoms with Crippen molar-refractivity contribution in [3.63, 3.8) is 0 Å². The summed E-state index contributed by atoms with van der Waals surface area (Å²) >= 11 is 0. The van der Waals surface area contributed by atoms with Gasteiger partial charge in [0, 0.05) is 25.1 Å². The molecule has 6 heteroatoms. The van der Waals surface area contributed by atoms with Crippen molar-refractivity contribution in [2.75, 3.05) is 13.7 Å². The Morgan fingerprint density at radius 1 is 1.47 bits per heavy atom. The predicted octanol–water partition coefficient (Wildman–Crippen LogP) is 1.74. The SMILES string of the molecule is CCOC1C(NC)CC1Oc1ccccc1[N+](=O)[O-]. The zero-order valence-corrected chi connectivity index (χ0v) is 11.0. The Kier molecular flexibility index (Phi) is 4.34. The van der Waals surface area contributed by atoms with Crippen LogP contribution in [0.1, 0.15) is 13.3 Å². The minimum absolute atomic E-state index is 0.00865. The molecule has 1 saturated carbocycles. The molecule has 3 unspecified atom stereocenters. The molecule has 1 aromatic carbocycles. The van der Waals surface area contributed by atoms with E-state index in [1.54, 1.807) is 18.2 Å². The lowest BCUT2D eigenvalue weighted by molar-refractivity contribution is -0.386. The maximum Gasteiger partial charge on any atom is 0.310 e. The Balaban J connectivity index is 2.07. The van der Waals surface area contributed by atoms with Crippen molar-refractivity contribution in [3.05, 3.63) is 34.4 Å². The van der Waals surface area contributed by atoms with Crippen molar-refractivity contribution in [2.24, 2.45) is 0 Å². The van der Waals surface area contributed by atoms with Crippen molar-refractivity contribution in [1.82, 2.24) is 5.32 Å². The quantitative estimate of drug-likeness (QED) is 0.627. The van der Waals surface area contributed by atoms with Crippen molar-refractivity contribution < 1.29 is 14.4 Å². The third-order valence-corrected chi connectivity index (χ3v) is 3.32. The van der Waals surface area contributed by atoms with E-state index in [1.165, 1.54) is 6.07 Å². The van der Waals surface area contributed by atoms with Gasteiger partial charge in [-0.1, -0.05) is 12.1 Å². The lowest BCUT2D eigenvalue weighted by Gasteiger charge is -2.43. The van der Waals surface area contributed by atoms with E-state index in [0.29, 0.717) is 12.4 Å². The highest BCUT2D eigenvalue weighted by molar-refractivity contribution is 5.46. The van der Waals surface area contributed by atoms with E-state index in [0.717, 1.165) is 6.42 Å². The van der Waals surface area contributed by atoms with Gasteiger partial charge >= 0.3 is 5.69 Å². The first-order chi connectivity index (χ1) is 9.17. The number of nitrogens with zero attached hydrogens (tertiary/aromatic N) is 1. The number of nitrogens with one attached hydrogen (secondary N) is 1. The van der Waals surface area contributed by atoms with Crippen LogP contribution in [-0.4, -0.2) is 36.8 Å². The molecule has 0 aromatic heterocycles. The number of para-hydroxylation sites is 2. The molecule has 1 N–H and O–H groups in total. The van der Waals surface area contributed by atoms with E-state index in [1.807, 2.05) is 14.0 Å². The lowest BCUT2D eigenvalue weighted by atomic mass is 9.85. The second-order valence-electron chi connectivity index (χ2n) is 4.43. The van der Waals surface area contributed by atoms with E-state index in [4.69, 9.17) is 9.47 Å². The summed E-state index contributed by atoms with van der Waals surface area (Å²) in [6.07, 6.45) is 0.584. The van der Waals surface area contributed by atoms with Crippen LogP contribution in [0.2, 0.25) is 0 Å². The molecule has 0 spiro atoms. The number of likely N-dealkylation sites (N-methyl/N-ethyl adjacent to an activating group) is 1. The van der Waals surface area contributed by atoms with Crippen LogP contribution in [0.25, 0.3) is 0 Å². The fraction of sp³-hybridized carbons (Fsp3) is 0.538. The smallest absolute Gasteiger partial charge is 0.310 e. The summed E-state index contributed by atoms with van der Waals surface area (Å²) in [6.45, 7) is 2.52. The van der Waals surface area contributed by atoms with Crippen LogP contribution in [-0.2, 0) is 4.74 Å². The minimum atomic E-state index is -0.431. The molecule has 0 bridgehead atoms. The maximum atomic E-state index is 10.9. The fourth-order valence-electron chi connectivity index (χ4n) is 2.27. The summed E-state index contributed by atoms with van der Waals surface area (Å²) < 4.78 is 11.3. The van der Waals surface area contributed by atoms with Crippen molar-refractivity contribution in [2.45, 2.75) is 31.6 Å². The molecular formula is C13H18N2O4. The van der Waals surface area contributed by atoms with Gasteiger partial charge in [0.2, 0.25) is 0 Å². The van der Waals surface area contributed by atoms with Gasteiger partial charge in [-0.25, -0.2) is 0 Å². The van der Waals surface area contributed by atoms with Crippen LogP contribution in [0, 0.1) is 10.1 Å². The second-order valence-corrected chi connectivity index (χ2v) is 4.43. The Morgan fingerprint density at radius 2 is 2.21 bits per heavy atom. The van der Waals surface area contributed by atoms with Crippen LogP contribution in [0.15, 0.2) is 24.3 Å². The highest BCUT2D eigenvalue weighted by Gasteiger charge is 2.43. The van der Waals surface area contributed by atoms with Gasteiger partial charge in [-0.3, -0.25) is 10.1 Å². The number of hydrogen-bond donors (Lipinski definition) is 1. The number of hydrogen-bond acceptors (Lipinski definition) is 5. The number of ether oxygens (including phenoxy) is 2. The van der Waals surface area contributed by atoms with Crippen molar-refractivity contribution >= 4 is 5.69 Å². The molecule has 1 aliphatic rings. The first kappa shape index (κ1) is 13.8. The Morgan fingerprint density at radius 3 is 2.84 bits per heavy atom. The molecule has 6 nitrogen and oxygen atoms in total. The predicted molar refractivity (Wildman–Crippen MR) is 70.4 cm³/mol. The first-order valence-electron chi connectivity index (χ1n) is 6.36.